The summed E-state index contributed by atoms with van der Waals surface area (Å²) in [6.07, 6.45) is -2.91. The molecule has 0 aliphatic heterocycles. The van der Waals surface area contributed by atoms with Gasteiger partial charge in [-0.1, -0.05) is 30.7 Å². The lowest BCUT2D eigenvalue weighted by molar-refractivity contribution is -0.141. The van der Waals surface area contributed by atoms with Gasteiger partial charge in [0.05, 0.1) is 6.54 Å². The van der Waals surface area contributed by atoms with Gasteiger partial charge in [0, 0.05) is 41.4 Å². The first kappa shape index (κ1) is 26.8. The fourth-order valence-corrected chi connectivity index (χ4v) is 3.52. The summed E-state index contributed by atoms with van der Waals surface area (Å²) < 4.78 is 44.9. The lowest BCUT2D eigenvalue weighted by Crippen LogP contribution is -2.28. The summed E-state index contributed by atoms with van der Waals surface area (Å²) >= 11 is 5.98. The Kier molecular flexibility index (Phi) is 8.06. The minimum atomic E-state index is -4.59. The maximum atomic E-state index is 13.2. The number of hydrogen-bond donors (Lipinski definition) is 1. The van der Waals surface area contributed by atoms with Crippen molar-refractivity contribution in [3.63, 3.8) is 0 Å². The van der Waals surface area contributed by atoms with Crippen LogP contribution >= 0.6 is 11.6 Å². The van der Waals surface area contributed by atoms with Crippen molar-refractivity contribution in [2.24, 2.45) is 0 Å². The fourth-order valence-electron chi connectivity index (χ4n) is 3.39. The summed E-state index contributed by atoms with van der Waals surface area (Å²) in [5.74, 6) is 0.384. The molecule has 196 valence electrons. The average Bonchev–Trinajstić information content (AvgIpc) is 2.89. The highest BCUT2D eigenvalue weighted by molar-refractivity contribution is 6.30. The van der Waals surface area contributed by atoms with Crippen molar-refractivity contribution < 1.29 is 22.7 Å². The standard InChI is InChI=1S/C26H21ClF3N5O3/c1-2-20(36)13-17-14-31-25(35(24(17)37)15-16-3-5-18(27)6-4-16)32-19-7-9-21(10-8-19)38-23-12-11-22(33-34-23)26(28,29)30/h3-12,14H,2,13,15H2,1H3,(H,31,32). The van der Waals surface area contributed by atoms with Gasteiger partial charge >= 0.3 is 6.18 Å². The molecule has 0 radical (unpaired) electrons. The van der Waals surface area contributed by atoms with Gasteiger partial charge in [-0.2, -0.15) is 13.2 Å². The molecule has 0 atom stereocenters. The van der Waals surface area contributed by atoms with E-state index in [2.05, 4.69) is 20.5 Å². The van der Waals surface area contributed by atoms with Crippen molar-refractivity contribution >= 4 is 29.0 Å². The molecule has 0 aliphatic rings. The summed E-state index contributed by atoms with van der Waals surface area (Å²) in [5.41, 5.74) is 0.191. The zero-order valence-corrected chi connectivity index (χ0v) is 20.8. The Bertz CT molecular complexity index is 1470. The Morgan fingerprint density at radius 3 is 2.34 bits per heavy atom. The largest absolute Gasteiger partial charge is 0.438 e. The number of carbonyl (C=O) groups is 1. The van der Waals surface area contributed by atoms with Crippen LogP contribution < -0.4 is 15.6 Å². The number of carbonyl (C=O) groups excluding carboxylic acids is 1. The van der Waals surface area contributed by atoms with E-state index in [4.69, 9.17) is 16.3 Å². The van der Waals surface area contributed by atoms with Crippen molar-refractivity contribution in [2.75, 3.05) is 5.32 Å². The van der Waals surface area contributed by atoms with Gasteiger partial charge in [-0.3, -0.25) is 14.2 Å². The highest BCUT2D eigenvalue weighted by Gasteiger charge is 2.33. The minimum Gasteiger partial charge on any atom is -0.438 e. The molecule has 8 nitrogen and oxygen atoms in total. The lowest BCUT2D eigenvalue weighted by atomic mass is 10.1. The highest BCUT2D eigenvalue weighted by Crippen LogP contribution is 2.28. The van der Waals surface area contributed by atoms with Crippen LogP contribution in [-0.2, 0) is 23.9 Å². The monoisotopic (exact) mass is 543 g/mol. The number of ketones is 1. The van der Waals surface area contributed by atoms with Crippen LogP contribution in [0.4, 0.5) is 24.8 Å². The van der Waals surface area contributed by atoms with Crippen molar-refractivity contribution in [1.82, 2.24) is 19.7 Å². The first-order chi connectivity index (χ1) is 18.1. The minimum absolute atomic E-state index is 0.0118. The predicted octanol–water partition coefficient (Wildman–Crippen LogP) is 5.81. The van der Waals surface area contributed by atoms with Gasteiger partial charge in [0.15, 0.2) is 5.69 Å². The number of rotatable bonds is 9. The molecule has 2 heterocycles. The summed E-state index contributed by atoms with van der Waals surface area (Å²) in [6, 6.07) is 15.3. The molecule has 0 fully saturated rings. The Labute approximate surface area is 220 Å². The smallest absolute Gasteiger partial charge is 0.435 e. The summed E-state index contributed by atoms with van der Waals surface area (Å²) in [5, 5.41) is 10.2. The van der Waals surface area contributed by atoms with Crippen molar-refractivity contribution in [3.8, 4) is 11.6 Å². The second-order valence-corrected chi connectivity index (χ2v) is 8.64. The maximum absolute atomic E-state index is 13.2. The molecule has 4 aromatic rings. The molecule has 2 aromatic heterocycles. The van der Waals surface area contributed by atoms with E-state index in [1.165, 1.54) is 10.8 Å². The molecular weight excluding hydrogens is 523 g/mol. The summed E-state index contributed by atoms with van der Waals surface area (Å²) in [6.45, 7) is 1.92. The Hall–Kier alpha value is -4.25. The third-order valence-corrected chi connectivity index (χ3v) is 5.67. The predicted molar refractivity (Wildman–Crippen MR) is 135 cm³/mol. The van der Waals surface area contributed by atoms with Crippen molar-refractivity contribution in [2.45, 2.75) is 32.5 Å². The molecule has 0 unspecified atom stereocenters. The van der Waals surface area contributed by atoms with Crippen LogP contribution in [0.25, 0.3) is 0 Å². The van der Waals surface area contributed by atoms with E-state index in [0.29, 0.717) is 22.9 Å². The number of Topliss-reactive ketones (excluding diaryl/α,β-unsaturated/α-hetero) is 1. The molecule has 4 rings (SSSR count). The number of hydrogen-bond acceptors (Lipinski definition) is 7. The normalized spacial score (nSPS) is 11.3. The van der Waals surface area contributed by atoms with E-state index in [0.717, 1.165) is 17.7 Å². The van der Waals surface area contributed by atoms with Crippen LogP contribution in [-0.4, -0.2) is 25.5 Å². The van der Waals surface area contributed by atoms with Crippen LogP contribution in [0.3, 0.4) is 0 Å². The van der Waals surface area contributed by atoms with E-state index >= 15 is 0 Å². The van der Waals surface area contributed by atoms with Crippen LogP contribution in [0, 0.1) is 0 Å². The summed E-state index contributed by atoms with van der Waals surface area (Å²) in [4.78, 5) is 29.6. The molecular formula is C26H21ClF3N5O3. The van der Waals surface area contributed by atoms with E-state index in [1.54, 1.807) is 55.5 Å². The topological polar surface area (TPSA) is 99.0 Å². The van der Waals surface area contributed by atoms with Gasteiger partial charge in [0.2, 0.25) is 11.8 Å². The lowest BCUT2D eigenvalue weighted by Gasteiger charge is -2.15. The van der Waals surface area contributed by atoms with Crippen molar-refractivity contribution in [1.29, 1.82) is 0 Å². The average molecular weight is 544 g/mol. The van der Waals surface area contributed by atoms with Gasteiger partial charge in [0.1, 0.15) is 11.5 Å². The number of alkyl halides is 3. The number of benzene rings is 2. The molecule has 12 heteroatoms. The number of aromatic nitrogens is 4. The number of nitrogens with zero attached hydrogens (tertiary/aromatic N) is 4. The van der Waals surface area contributed by atoms with E-state index in [1.807, 2.05) is 0 Å². The van der Waals surface area contributed by atoms with Crippen LogP contribution in [0.2, 0.25) is 5.02 Å². The van der Waals surface area contributed by atoms with Crippen LogP contribution in [0.1, 0.15) is 30.2 Å². The number of ether oxygens (including phenoxy) is 1. The number of anilines is 2. The SMILES string of the molecule is CCC(=O)Cc1cnc(Nc2ccc(Oc3ccc(C(F)(F)F)nn3)cc2)n(Cc2ccc(Cl)cc2)c1=O. The van der Waals surface area contributed by atoms with Gasteiger partial charge in [-0.05, 0) is 48.0 Å². The zero-order valence-electron chi connectivity index (χ0n) is 20.0. The number of nitrogens with one attached hydrogen (secondary N) is 1. The van der Waals surface area contributed by atoms with Gasteiger partial charge in [-0.25, -0.2) is 4.98 Å². The molecule has 0 amide bonds. The summed E-state index contributed by atoms with van der Waals surface area (Å²) in [7, 11) is 0. The maximum Gasteiger partial charge on any atom is 0.435 e. The molecule has 1 N–H and O–H groups in total. The van der Waals surface area contributed by atoms with Crippen molar-refractivity contribution in [3.05, 3.63) is 99.1 Å². The van der Waals surface area contributed by atoms with E-state index < -0.39 is 11.9 Å². The van der Waals surface area contributed by atoms with E-state index in [-0.39, 0.29) is 41.7 Å². The van der Waals surface area contributed by atoms with Crippen LogP contribution in [0.5, 0.6) is 11.6 Å². The molecule has 0 aliphatic carbocycles. The third kappa shape index (κ3) is 6.74. The molecule has 0 bridgehead atoms. The first-order valence-electron chi connectivity index (χ1n) is 11.4. The Balaban J connectivity index is 1.55. The zero-order chi connectivity index (χ0) is 27.3. The fraction of sp³-hybridized carbons (Fsp3) is 0.192. The third-order valence-electron chi connectivity index (χ3n) is 5.42. The quantitative estimate of drug-likeness (QED) is 0.284. The second-order valence-electron chi connectivity index (χ2n) is 8.20. The van der Waals surface area contributed by atoms with Gasteiger partial charge in [-0.15, -0.1) is 10.2 Å². The van der Waals surface area contributed by atoms with Gasteiger partial charge < -0.3 is 10.1 Å². The highest BCUT2D eigenvalue weighted by atomic mass is 35.5. The molecule has 2 aromatic carbocycles. The number of halogens is 4. The molecule has 38 heavy (non-hydrogen) atoms. The van der Waals surface area contributed by atoms with E-state index in [9.17, 15) is 22.8 Å². The molecule has 0 spiro atoms. The first-order valence-corrected chi connectivity index (χ1v) is 11.8. The second kappa shape index (κ2) is 11.4. The molecule has 0 saturated carbocycles. The van der Waals surface area contributed by atoms with Gasteiger partial charge in [0.25, 0.3) is 5.56 Å². The molecule has 0 saturated heterocycles. The van der Waals surface area contributed by atoms with Crippen LogP contribution in [0.15, 0.2) is 71.7 Å². The Morgan fingerprint density at radius 1 is 1.03 bits per heavy atom. The Morgan fingerprint density at radius 2 is 1.74 bits per heavy atom.